The molecule has 2 atom stereocenters. The molecule has 0 aliphatic carbocycles. The predicted octanol–water partition coefficient (Wildman–Crippen LogP) is -0.217. The number of rotatable bonds is 2. The van der Waals surface area contributed by atoms with Crippen LogP contribution in [-0.2, 0) is 9.47 Å². The maximum atomic E-state index is 8.60. The van der Waals surface area contributed by atoms with Gasteiger partial charge in [-0.15, -0.1) is 0 Å². The monoisotopic (exact) mass is 132 g/mol. The van der Waals surface area contributed by atoms with Crippen molar-refractivity contribution in [2.45, 2.75) is 18.6 Å². The molecule has 0 spiro atoms. The fraction of sp³-hybridized carbons (Fsp3) is 1.00. The summed E-state index contributed by atoms with van der Waals surface area (Å²) >= 11 is 0. The predicted molar refractivity (Wildman–Crippen MR) is 32.2 cm³/mol. The van der Waals surface area contributed by atoms with Gasteiger partial charge in [-0.3, -0.25) is 0 Å². The van der Waals surface area contributed by atoms with Crippen molar-refractivity contribution in [2.24, 2.45) is 0 Å². The molecule has 9 heavy (non-hydrogen) atoms. The summed E-state index contributed by atoms with van der Waals surface area (Å²) in [4.78, 5) is 0. The molecule has 0 aromatic carbocycles. The van der Waals surface area contributed by atoms with Gasteiger partial charge in [0, 0.05) is 13.5 Å². The van der Waals surface area contributed by atoms with Crippen molar-refractivity contribution in [3.63, 3.8) is 0 Å². The third-order valence-corrected chi connectivity index (χ3v) is 1.58. The first-order chi connectivity index (χ1) is 4.36. The fourth-order valence-electron chi connectivity index (χ4n) is 0.964. The van der Waals surface area contributed by atoms with Gasteiger partial charge in [-0.2, -0.15) is 0 Å². The molecule has 3 heteroatoms. The van der Waals surface area contributed by atoms with Crippen molar-refractivity contribution in [1.82, 2.24) is 0 Å². The van der Waals surface area contributed by atoms with E-state index in [9.17, 15) is 0 Å². The highest BCUT2D eigenvalue weighted by Gasteiger charge is 2.23. The third kappa shape index (κ3) is 1.64. The summed E-state index contributed by atoms with van der Waals surface area (Å²) in [5.74, 6) is 0. The maximum Gasteiger partial charge on any atom is 0.0832 e. The normalized spacial score (nSPS) is 35.3. The molecule has 1 N–H and O–H groups in total. The van der Waals surface area contributed by atoms with Crippen LogP contribution in [0.25, 0.3) is 0 Å². The van der Waals surface area contributed by atoms with Crippen LogP contribution >= 0.6 is 0 Å². The molecule has 0 radical (unpaired) electrons. The highest BCUT2D eigenvalue weighted by molar-refractivity contribution is 4.72. The number of hydrogen-bond donors (Lipinski definition) is 1. The molecular formula is C6H12O3. The molecule has 1 rings (SSSR count). The Kier molecular flexibility index (Phi) is 2.45. The van der Waals surface area contributed by atoms with Crippen LogP contribution in [0.4, 0.5) is 0 Å². The lowest BCUT2D eigenvalue weighted by Gasteiger charge is -2.02. The van der Waals surface area contributed by atoms with E-state index < -0.39 is 0 Å². The summed E-state index contributed by atoms with van der Waals surface area (Å²) in [7, 11) is 1.66. The van der Waals surface area contributed by atoms with Gasteiger partial charge in [-0.1, -0.05) is 0 Å². The minimum absolute atomic E-state index is 0.00921. The van der Waals surface area contributed by atoms with Crippen molar-refractivity contribution >= 4 is 0 Å². The summed E-state index contributed by atoms with van der Waals surface area (Å²) in [5.41, 5.74) is 0. The molecule has 0 bridgehead atoms. The highest BCUT2D eigenvalue weighted by atomic mass is 16.6. The van der Waals surface area contributed by atoms with E-state index in [1.807, 2.05) is 0 Å². The van der Waals surface area contributed by atoms with Gasteiger partial charge in [0.05, 0.1) is 25.4 Å². The van der Waals surface area contributed by atoms with Crippen LogP contribution in [0, 0.1) is 0 Å². The van der Waals surface area contributed by atoms with Gasteiger partial charge in [-0.05, 0) is 0 Å². The van der Waals surface area contributed by atoms with Crippen LogP contribution in [0.15, 0.2) is 0 Å². The number of hydrogen-bond acceptors (Lipinski definition) is 3. The zero-order valence-corrected chi connectivity index (χ0v) is 5.54. The Morgan fingerprint density at radius 3 is 2.89 bits per heavy atom. The molecule has 1 heterocycles. The molecule has 54 valence electrons. The Bertz CT molecular complexity index is 74.4. The van der Waals surface area contributed by atoms with E-state index in [1.165, 1.54) is 0 Å². The zero-order chi connectivity index (χ0) is 6.69. The first-order valence-electron chi connectivity index (χ1n) is 3.12. The van der Waals surface area contributed by atoms with E-state index in [-0.39, 0.29) is 18.8 Å². The summed E-state index contributed by atoms with van der Waals surface area (Å²) in [6.45, 7) is 0.738. The zero-order valence-electron chi connectivity index (χ0n) is 5.54. The Balaban J connectivity index is 2.20. The summed E-state index contributed by atoms with van der Waals surface area (Å²) in [6.07, 6.45) is 1.03. The van der Waals surface area contributed by atoms with Gasteiger partial charge in [0.25, 0.3) is 0 Å². The minimum Gasteiger partial charge on any atom is -0.394 e. The molecular weight excluding hydrogens is 120 g/mol. The number of methoxy groups -OCH3 is 1. The standard InChI is InChI=1S/C6H12O3/c1-8-6-2-5(3-7)9-4-6/h5-7H,2-4H2,1H3. The first-order valence-corrected chi connectivity index (χ1v) is 3.12. The van der Waals surface area contributed by atoms with Crippen molar-refractivity contribution < 1.29 is 14.6 Å². The van der Waals surface area contributed by atoms with E-state index in [1.54, 1.807) is 7.11 Å². The molecule has 0 aromatic heterocycles. The quantitative estimate of drug-likeness (QED) is 0.564. The van der Waals surface area contributed by atoms with Gasteiger partial charge in [-0.25, -0.2) is 0 Å². The van der Waals surface area contributed by atoms with Crippen LogP contribution in [0.2, 0.25) is 0 Å². The van der Waals surface area contributed by atoms with E-state index in [0.29, 0.717) is 6.61 Å². The summed E-state index contributed by atoms with van der Waals surface area (Å²) < 4.78 is 10.1. The molecule has 1 saturated heterocycles. The topological polar surface area (TPSA) is 38.7 Å². The second kappa shape index (κ2) is 3.15. The van der Waals surface area contributed by atoms with Crippen molar-refractivity contribution in [1.29, 1.82) is 0 Å². The van der Waals surface area contributed by atoms with E-state index in [0.717, 1.165) is 6.42 Å². The smallest absolute Gasteiger partial charge is 0.0832 e. The third-order valence-electron chi connectivity index (χ3n) is 1.58. The minimum atomic E-state index is 0.00921. The van der Waals surface area contributed by atoms with Crippen molar-refractivity contribution in [2.75, 3.05) is 20.3 Å². The fourth-order valence-corrected chi connectivity index (χ4v) is 0.964. The lowest BCUT2D eigenvalue weighted by atomic mass is 10.2. The first kappa shape index (κ1) is 6.99. The Labute approximate surface area is 54.6 Å². The number of aliphatic hydroxyl groups excluding tert-OH is 1. The molecule has 2 unspecified atom stereocenters. The average molecular weight is 132 g/mol. The Morgan fingerprint density at radius 1 is 1.78 bits per heavy atom. The SMILES string of the molecule is COC1COC(CO)C1. The second-order valence-corrected chi connectivity index (χ2v) is 2.23. The highest BCUT2D eigenvalue weighted by Crippen LogP contribution is 2.14. The second-order valence-electron chi connectivity index (χ2n) is 2.23. The van der Waals surface area contributed by atoms with Gasteiger partial charge in [0.2, 0.25) is 0 Å². The van der Waals surface area contributed by atoms with Gasteiger partial charge in [0.1, 0.15) is 0 Å². The summed E-state index contributed by atoms with van der Waals surface area (Å²) in [6, 6.07) is 0. The number of ether oxygens (including phenoxy) is 2. The molecule has 0 saturated carbocycles. The van der Waals surface area contributed by atoms with Crippen molar-refractivity contribution in [3.8, 4) is 0 Å². The van der Waals surface area contributed by atoms with Gasteiger partial charge < -0.3 is 14.6 Å². The van der Waals surface area contributed by atoms with E-state index in [4.69, 9.17) is 14.6 Å². The van der Waals surface area contributed by atoms with E-state index in [2.05, 4.69) is 0 Å². The molecule has 0 amide bonds. The molecule has 3 nitrogen and oxygen atoms in total. The van der Waals surface area contributed by atoms with Gasteiger partial charge in [0.15, 0.2) is 0 Å². The molecule has 1 aliphatic rings. The Hall–Kier alpha value is -0.120. The van der Waals surface area contributed by atoms with Crippen LogP contribution in [0.5, 0.6) is 0 Å². The maximum absolute atomic E-state index is 8.60. The molecule has 1 aliphatic heterocycles. The number of aliphatic hydroxyl groups is 1. The van der Waals surface area contributed by atoms with Crippen LogP contribution in [0.1, 0.15) is 6.42 Å². The van der Waals surface area contributed by atoms with Crippen LogP contribution < -0.4 is 0 Å². The van der Waals surface area contributed by atoms with Crippen molar-refractivity contribution in [3.05, 3.63) is 0 Å². The largest absolute Gasteiger partial charge is 0.394 e. The lowest BCUT2D eigenvalue weighted by Crippen LogP contribution is -2.12. The van der Waals surface area contributed by atoms with Gasteiger partial charge >= 0.3 is 0 Å². The average Bonchev–Trinajstić information content (AvgIpc) is 2.34. The summed E-state index contributed by atoms with van der Waals surface area (Å²) in [5, 5.41) is 8.60. The molecule has 1 fully saturated rings. The lowest BCUT2D eigenvalue weighted by molar-refractivity contribution is 0.0444. The van der Waals surface area contributed by atoms with Crippen LogP contribution in [0.3, 0.4) is 0 Å². The van der Waals surface area contributed by atoms with Crippen LogP contribution in [-0.4, -0.2) is 37.6 Å². The van der Waals surface area contributed by atoms with E-state index >= 15 is 0 Å². The molecule has 0 aromatic rings. The Morgan fingerprint density at radius 2 is 2.56 bits per heavy atom.